The van der Waals surface area contributed by atoms with Crippen molar-refractivity contribution in [3.63, 3.8) is 0 Å². The average Bonchev–Trinajstić information content (AvgIpc) is 2.94. The van der Waals surface area contributed by atoms with E-state index in [2.05, 4.69) is 25.1 Å². The fraction of sp³-hybridized carbons (Fsp3) is 0.500. The molecule has 0 spiro atoms. The first kappa shape index (κ1) is 12.0. The molecular formula is C14H19NO2. The van der Waals surface area contributed by atoms with Gasteiger partial charge in [0.1, 0.15) is 5.60 Å². The van der Waals surface area contributed by atoms with Crippen molar-refractivity contribution in [3.8, 4) is 0 Å². The summed E-state index contributed by atoms with van der Waals surface area (Å²) < 4.78 is 5.33. The highest BCUT2D eigenvalue weighted by Crippen LogP contribution is 2.36. The summed E-state index contributed by atoms with van der Waals surface area (Å²) in [6.45, 7) is 8.48. The van der Waals surface area contributed by atoms with Crippen molar-refractivity contribution in [2.24, 2.45) is 0 Å². The van der Waals surface area contributed by atoms with Crippen LogP contribution in [0.5, 0.6) is 0 Å². The number of hydrogen-bond donors (Lipinski definition) is 0. The molecule has 0 bridgehead atoms. The van der Waals surface area contributed by atoms with Gasteiger partial charge in [0.25, 0.3) is 0 Å². The number of carbonyl (C=O) groups excluding carboxylic acids is 1. The predicted octanol–water partition coefficient (Wildman–Crippen LogP) is 3.29. The highest BCUT2D eigenvalue weighted by molar-refractivity contribution is 5.72. The molecule has 1 heterocycles. The van der Waals surface area contributed by atoms with Crippen molar-refractivity contribution in [3.05, 3.63) is 35.4 Å². The van der Waals surface area contributed by atoms with Gasteiger partial charge in [0.2, 0.25) is 0 Å². The second-order valence-corrected chi connectivity index (χ2v) is 5.56. The van der Waals surface area contributed by atoms with Crippen LogP contribution in [0.3, 0.4) is 0 Å². The van der Waals surface area contributed by atoms with Crippen molar-refractivity contribution < 1.29 is 9.53 Å². The third-order valence-electron chi connectivity index (χ3n) is 2.67. The van der Waals surface area contributed by atoms with Gasteiger partial charge in [0, 0.05) is 6.54 Å². The van der Waals surface area contributed by atoms with Crippen LogP contribution in [0.15, 0.2) is 24.3 Å². The molecule has 92 valence electrons. The van der Waals surface area contributed by atoms with Gasteiger partial charge in [-0.1, -0.05) is 29.8 Å². The monoisotopic (exact) mass is 233 g/mol. The number of hydrogen-bond acceptors (Lipinski definition) is 2. The standard InChI is InChI=1S/C14H19NO2/c1-10-6-5-7-11(8-10)12-9-15(12)13(16)17-14(2,3)4/h5-8,12H,9H2,1-4H3. The van der Waals surface area contributed by atoms with Crippen molar-refractivity contribution in [1.82, 2.24) is 4.90 Å². The van der Waals surface area contributed by atoms with Crippen LogP contribution < -0.4 is 0 Å². The topological polar surface area (TPSA) is 29.3 Å². The molecule has 17 heavy (non-hydrogen) atoms. The Balaban J connectivity index is 1.99. The van der Waals surface area contributed by atoms with E-state index in [0.29, 0.717) is 0 Å². The minimum Gasteiger partial charge on any atom is -0.444 e. The van der Waals surface area contributed by atoms with E-state index in [0.717, 1.165) is 6.54 Å². The second-order valence-electron chi connectivity index (χ2n) is 5.56. The SMILES string of the molecule is Cc1cccc(C2CN2C(=O)OC(C)(C)C)c1. The van der Waals surface area contributed by atoms with Gasteiger partial charge in [-0.25, -0.2) is 4.79 Å². The van der Waals surface area contributed by atoms with Gasteiger partial charge in [-0.15, -0.1) is 0 Å². The number of carbonyl (C=O) groups is 1. The van der Waals surface area contributed by atoms with E-state index in [4.69, 9.17) is 4.74 Å². The summed E-state index contributed by atoms with van der Waals surface area (Å²) in [6.07, 6.45) is -0.219. The number of ether oxygens (including phenoxy) is 1. The fourth-order valence-corrected chi connectivity index (χ4v) is 1.82. The van der Waals surface area contributed by atoms with Crippen LogP contribution >= 0.6 is 0 Å². The smallest absolute Gasteiger partial charge is 0.410 e. The van der Waals surface area contributed by atoms with Gasteiger partial charge in [-0.2, -0.15) is 0 Å². The van der Waals surface area contributed by atoms with Gasteiger partial charge in [-0.05, 0) is 33.3 Å². The van der Waals surface area contributed by atoms with Crippen LogP contribution in [-0.4, -0.2) is 23.1 Å². The molecule has 0 aromatic heterocycles. The molecule has 0 saturated carbocycles. The molecule has 3 heteroatoms. The van der Waals surface area contributed by atoms with Crippen LogP contribution in [0.2, 0.25) is 0 Å². The Hall–Kier alpha value is -1.51. The first-order valence-corrected chi connectivity index (χ1v) is 5.93. The molecule has 1 aliphatic heterocycles. The quantitative estimate of drug-likeness (QED) is 0.696. The largest absolute Gasteiger partial charge is 0.444 e. The Bertz CT molecular complexity index is 434. The Kier molecular flexibility index (Phi) is 2.86. The van der Waals surface area contributed by atoms with Crippen LogP contribution in [-0.2, 0) is 4.74 Å². The summed E-state index contributed by atoms with van der Waals surface area (Å²) in [5.41, 5.74) is 1.99. The molecule has 1 aliphatic rings. The first-order chi connectivity index (χ1) is 7.87. The molecule has 1 aromatic rings. The summed E-state index contributed by atoms with van der Waals surface area (Å²) in [7, 11) is 0. The molecule has 1 fully saturated rings. The van der Waals surface area contributed by atoms with E-state index in [1.165, 1.54) is 11.1 Å². The zero-order chi connectivity index (χ0) is 12.6. The molecule has 0 aliphatic carbocycles. The lowest BCUT2D eigenvalue weighted by Gasteiger charge is -2.20. The summed E-state index contributed by atoms with van der Waals surface area (Å²) in [6, 6.07) is 8.46. The Labute approximate surface area is 102 Å². The third-order valence-corrected chi connectivity index (χ3v) is 2.67. The number of benzene rings is 1. The summed E-state index contributed by atoms with van der Waals surface area (Å²) >= 11 is 0. The Morgan fingerprint density at radius 2 is 2.12 bits per heavy atom. The van der Waals surface area contributed by atoms with Crippen molar-refractivity contribution in [1.29, 1.82) is 0 Å². The summed E-state index contributed by atoms with van der Waals surface area (Å²) in [5, 5.41) is 0. The minimum absolute atomic E-state index is 0.199. The van der Waals surface area contributed by atoms with Gasteiger partial charge >= 0.3 is 6.09 Å². The average molecular weight is 233 g/mol. The highest BCUT2D eigenvalue weighted by atomic mass is 16.6. The van der Waals surface area contributed by atoms with Gasteiger partial charge in [-0.3, -0.25) is 4.90 Å². The van der Waals surface area contributed by atoms with Crippen LogP contribution in [0, 0.1) is 6.92 Å². The first-order valence-electron chi connectivity index (χ1n) is 5.93. The second kappa shape index (κ2) is 4.06. The minimum atomic E-state index is -0.420. The van der Waals surface area contributed by atoms with Crippen molar-refractivity contribution in [2.75, 3.05) is 6.54 Å². The van der Waals surface area contributed by atoms with E-state index in [-0.39, 0.29) is 12.1 Å². The van der Waals surface area contributed by atoms with Crippen LogP contribution in [0.25, 0.3) is 0 Å². The van der Waals surface area contributed by atoms with Crippen molar-refractivity contribution in [2.45, 2.75) is 39.3 Å². The zero-order valence-corrected chi connectivity index (χ0v) is 10.9. The fourth-order valence-electron chi connectivity index (χ4n) is 1.82. The van der Waals surface area contributed by atoms with Gasteiger partial charge in [0.15, 0.2) is 0 Å². The normalized spacial score (nSPS) is 19.1. The van der Waals surface area contributed by atoms with Crippen LogP contribution in [0.1, 0.15) is 37.9 Å². The molecule has 1 amide bonds. The van der Waals surface area contributed by atoms with E-state index < -0.39 is 5.60 Å². The summed E-state index contributed by atoms with van der Waals surface area (Å²) in [5.74, 6) is 0. The van der Waals surface area contributed by atoms with E-state index >= 15 is 0 Å². The third kappa shape index (κ3) is 2.99. The number of amides is 1. The molecule has 2 rings (SSSR count). The maximum absolute atomic E-state index is 11.8. The summed E-state index contributed by atoms with van der Waals surface area (Å²) in [4.78, 5) is 13.5. The van der Waals surface area contributed by atoms with Gasteiger partial charge < -0.3 is 4.74 Å². The molecule has 1 atom stereocenters. The number of aryl methyl sites for hydroxylation is 1. The molecule has 0 N–H and O–H groups in total. The van der Waals surface area contributed by atoms with Gasteiger partial charge in [0.05, 0.1) is 6.04 Å². The van der Waals surface area contributed by atoms with E-state index in [9.17, 15) is 4.79 Å². The molecule has 1 saturated heterocycles. The molecule has 1 aromatic carbocycles. The molecular weight excluding hydrogens is 214 g/mol. The maximum Gasteiger partial charge on any atom is 0.410 e. The highest BCUT2D eigenvalue weighted by Gasteiger charge is 2.42. The Morgan fingerprint density at radius 3 is 2.71 bits per heavy atom. The lowest BCUT2D eigenvalue weighted by atomic mass is 10.1. The maximum atomic E-state index is 11.8. The van der Waals surface area contributed by atoms with E-state index in [1.807, 2.05) is 26.8 Å². The van der Waals surface area contributed by atoms with E-state index in [1.54, 1.807) is 4.90 Å². The lowest BCUT2D eigenvalue weighted by Crippen LogP contribution is -2.27. The van der Waals surface area contributed by atoms with Crippen molar-refractivity contribution >= 4 is 6.09 Å². The zero-order valence-electron chi connectivity index (χ0n) is 10.9. The predicted molar refractivity (Wildman–Crippen MR) is 66.9 cm³/mol. The number of nitrogens with zero attached hydrogens (tertiary/aromatic N) is 1. The number of rotatable bonds is 1. The lowest BCUT2D eigenvalue weighted by molar-refractivity contribution is 0.0406. The molecule has 1 unspecified atom stereocenters. The molecule has 0 radical (unpaired) electrons. The Morgan fingerprint density at radius 1 is 1.41 bits per heavy atom. The molecule has 3 nitrogen and oxygen atoms in total. The van der Waals surface area contributed by atoms with Crippen LogP contribution in [0.4, 0.5) is 4.79 Å².